The number of hydrogen-bond donors (Lipinski definition) is 0. The number of allylic oxidation sites excluding steroid dienone is 8. The zero-order valence-corrected chi connectivity index (χ0v) is 9.59. The van der Waals surface area contributed by atoms with Crippen LogP contribution in [0.2, 0.25) is 0 Å². The van der Waals surface area contributed by atoms with Crippen molar-refractivity contribution in [2.45, 2.75) is 33.1 Å². The van der Waals surface area contributed by atoms with E-state index in [2.05, 4.69) is 44.2 Å². The summed E-state index contributed by atoms with van der Waals surface area (Å²) in [5.41, 5.74) is 5.09. The average Bonchev–Trinajstić information content (AvgIpc) is 2.51. The molecule has 0 aliphatic heterocycles. The van der Waals surface area contributed by atoms with Gasteiger partial charge in [0.1, 0.15) is 0 Å². The van der Waals surface area contributed by atoms with E-state index in [-0.39, 0.29) is 5.41 Å². The second-order valence-corrected chi connectivity index (χ2v) is 5.28. The van der Waals surface area contributed by atoms with E-state index < -0.39 is 0 Å². The Hall–Kier alpha value is -1.04. The van der Waals surface area contributed by atoms with Crippen molar-refractivity contribution in [3.63, 3.8) is 0 Å². The summed E-state index contributed by atoms with van der Waals surface area (Å²) in [5, 5.41) is 0. The summed E-state index contributed by atoms with van der Waals surface area (Å²) in [6.45, 7) is 4.76. The van der Waals surface area contributed by atoms with Gasteiger partial charge < -0.3 is 0 Å². The molecule has 0 spiro atoms. The first-order valence-electron chi connectivity index (χ1n) is 5.99. The first-order valence-corrected chi connectivity index (χ1v) is 5.99. The molecule has 1 saturated carbocycles. The molecule has 3 aliphatic carbocycles. The predicted molar refractivity (Wildman–Crippen MR) is 64.5 cm³/mol. The van der Waals surface area contributed by atoms with Crippen LogP contribution in [-0.4, -0.2) is 0 Å². The van der Waals surface area contributed by atoms with Gasteiger partial charge in [-0.15, -0.1) is 0 Å². The summed E-state index contributed by atoms with van der Waals surface area (Å²) < 4.78 is 0. The van der Waals surface area contributed by atoms with Crippen LogP contribution < -0.4 is 0 Å². The van der Waals surface area contributed by atoms with E-state index in [9.17, 15) is 0 Å². The van der Waals surface area contributed by atoms with Gasteiger partial charge >= 0.3 is 0 Å². The minimum atomic E-state index is 0.279. The van der Waals surface area contributed by atoms with Gasteiger partial charge in [-0.2, -0.15) is 0 Å². The monoisotopic (exact) mass is 198 g/mol. The number of rotatable bonds is 0. The molecule has 3 aliphatic rings. The van der Waals surface area contributed by atoms with E-state index in [4.69, 9.17) is 0 Å². The third-order valence-electron chi connectivity index (χ3n) is 4.06. The van der Waals surface area contributed by atoms with Gasteiger partial charge in [0.2, 0.25) is 0 Å². The van der Waals surface area contributed by atoms with Gasteiger partial charge in [-0.05, 0) is 30.4 Å². The smallest absolute Gasteiger partial charge is 0.0237 e. The summed E-state index contributed by atoms with van der Waals surface area (Å²) >= 11 is 0. The second kappa shape index (κ2) is 2.98. The largest absolute Gasteiger partial charge is 0.0838 e. The Bertz CT molecular complexity index is 413. The van der Waals surface area contributed by atoms with Crippen molar-refractivity contribution in [3.8, 4) is 0 Å². The Balaban J connectivity index is 2.19. The van der Waals surface area contributed by atoms with Gasteiger partial charge in [-0.25, -0.2) is 0 Å². The SMILES string of the molecule is CC1(C)C2=CCCC=C2C2C=CCC=C21. The van der Waals surface area contributed by atoms with Crippen molar-refractivity contribution in [1.29, 1.82) is 0 Å². The molecular formula is C15H18. The molecule has 78 valence electrons. The van der Waals surface area contributed by atoms with Crippen LogP contribution in [0.25, 0.3) is 0 Å². The highest BCUT2D eigenvalue weighted by Crippen LogP contribution is 2.56. The second-order valence-electron chi connectivity index (χ2n) is 5.28. The Morgan fingerprint density at radius 2 is 1.93 bits per heavy atom. The highest BCUT2D eigenvalue weighted by atomic mass is 14.5. The fourth-order valence-corrected chi connectivity index (χ4v) is 3.32. The first kappa shape index (κ1) is 9.21. The molecule has 1 atom stereocenters. The quantitative estimate of drug-likeness (QED) is 0.512. The lowest BCUT2D eigenvalue weighted by Gasteiger charge is -2.24. The average molecular weight is 198 g/mol. The van der Waals surface area contributed by atoms with Crippen molar-refractivity contribution < 1.29 is 0 Å². The van der Waals surface area contributed by atoms with Crippen LogP contribution in [0.3, 0.4) is 0 Å². The molecule has 0 amide bonds. The molecule has 0 N–H and O–H groups in total. The van der Waals surface area contributed by atoms with Gasteiger partial charge in [0.05, 0.1) is 0 Å². The van der Waals surface area contributed by atoms with Gasteiger partial charge in [0, 0.05) is 11.3 Å². The Morgan fingerprint density at radius 3 is 2.80 bits per heavy atom. The van der Waals surface area contributed by atoms with Crippen LogP contribution in [0, 0.1) is 11.3 Å². The third-order valence-corrected chi connectivity index (χ3v) is 4.06. The normalized spacial score (nSPS) is 31.3. The molecule has 0 aromatic carbocycles. The minimum Gasteiger partial charge on any atom is -0.0838 e. The van der Waals surface area contributed by atoms with Crippen LogP contribution in [0.1, 0.15) is 33.1 Å². The number of fused-ring (bicyclic) bond motifs is 3. The maximum absolute atomic E-state index is 2.46. The zero-order valence-electron chi connectivity index (χ0n) is 9.59. The number of hydrogen-bond acceptors (Lipinski definition) is 0. The van der Waals surface area contributed by atoms with Crippen LogP contribution >= 0.6 is 0 Å². The predicted octanol–water partition coefficient (Wildman–Crippen LogP) is 4.18. The highest BCUT2D eigenvalue weighted by molar-refractivity contribution is 5.58. The van der Waals surface area contributed by atoms with Crippen LogP contribution in [0.5, 0.6) is 0 Å². The molecular weight excluding hydrogens is 180 g/mol. The van der Waals surface area contributed by atoms with E-state index in [1.165, 1.54) is 12.8 Å². The lowest BCUT2D eigenvalue weighted by molar-refractivity contribution is 0.555. The van der Waals surface area contributed by atoms with Gasteiger partial charge in [0.15, 0.2) is 0 Å². The van der Waals surface area contributed by atoms with Crippen LogP contribution in [0.15, 0.2) is 47.1 Å². The lowest BCUT2D eigenvalue weighted by atomic mass is 9.79. The molecule has 0 radical (unpaired) electrons. The van der Waals surface area contributed by atoms with E-state index in [0.29, 0.717) is 5.92 Å². The van der Waals surface area contributed by atoms with E-state index >= 15 is 0 Å². The van der Waals surface area contributed by atoms with Crippen molar-refractivity contribution in [2.75, 3.05) is 0 Å². The van der Waals surface area contributed by atoms with E-state index in [1.807, 2.05) is 0 Å². The Morgan fingerprint density at radius 1 is 1.13 bits per heavy atom. The third kappa shape index (κ3) is 1.14. The molecule has 15 heavy (non-hydrogen) atoms. The molecule has 0 aromatic rings. The van der Waals surface area contributed by atoms with Crippen molar-refractivity contribution >= 4 is 0 Å². The Labute approximate surface area is 92.1 Å². The fraction of sp³-hybridized carbons (Fsp3) is 0.467. The molecule has 0 heteroatoms. The first-order chi connectivity index (χ1) is 7.21. The maximum Gasteiger partial charge on any atom is 0.0237 e. The molecule has 1 unspecified atom stereocenters. The molecule has 0 nitrogen and oxygen atoms in total. The van der Waals surface area contributed by atoms with Crippen LogP contribution in [0.4, 0.5) is 0 Å². The highest BCUT2D eigenvalue weighted by Gasteiger charge is 2.43. The molecule has 1 fully saturated rings. The van der Waals surface area contributed by atoms with Gasteiger partial charge in [-0.1, -0.05) is 49.8 Å². The van der Waals surface area contributed by atoms with Crippen LogP contribution in [-0.2, 0) is 0 Å². The van der Waals surface area contributed by atoms with Crippen molar-refractivity contribution in [2.24, 2.45) is 11.3 Å². The summed E-state index contributed by atoms with van der Waals surface area (Å²) in [7, 11) is 0. The molecule has 3 rings (SSSR count). The summed E-state index contributed by atoms with van der Waals surface area (Å²) in [5.74, 6) is 0.597. The van der Waals surface area contributed by atoms with Gasteiger partial charge in [-0.3, -0.25) is 0 Å². The van der Waals surface area contributed by atoms with E-state index in [0.717, 1.165) is 6.42 Å². The van der Waals surface area contributed by atoms with Crippen molar-refractivity contribution in [3.05, 3.63) is 47.1 Å². The topological polar surface area (TPSA) is 0 Å². The maximum atomic E-state index is 2.46. The van der Waals surface area contributed by atoms with Gasteiger partial charge in [0.25, 0.3) is 0 Å². The Kier molecular flexibility index (Phi) is 1.83. The summed E-state index contributed by atoms with van der Waals surface area (Å²) in [6, 6.07) is 0. The standard InChI is InChI=1S/C15H18/c1-15(2)13-9-5-3-7-11(13)12-8-4-6-10-14(12)15/h3,7-11H,4-6H2,1-2H3. The molecule has 0 saturated heterocycles. The van der Waals surface area contributed by atoms with Crippen molar-refractivity contribution in [1.82, 2.24) is 0 Å². The molecule has 0 aromatic heterocycles. The minimum absolute atomic E-state index is 0.279. The fourth-order valence-electron chi connectivity index (χ4n) is 3.32. The zero-order chi connectivity index (χ0) is 10.5. The molecule has 0 bridgehead atoms. The molecule has 0 heterocycles. The summed E-state index contributed by atoms with van der Waals surface area (Å²) in [4.78, 5) is 0. The summed E-state index contributed by atoms with van der Waals surface area (Å²) in [6.07, 6.45) is 15.6. The lowest BCUT2D eigenvalue weighted by Crippen LogP contribution is -2.13. The van der Waals surface area contributed by atoms with E-state index in [1.54, 1.807) is 16.7 Å².